The molecule has 0 aliphatic carbocycles. The lowest BCUT2D eigenvalue weighted by molar-refractivity contribution is -0.143. The number of esters is 1. The molecule has 0 saturated heterocycles. The first-order chi connectivity index (χ1) is 9.61. The van der Waals surface area contributed by atoms with Gasteiger partial charge >= 0.3 is 5.97 Å². The molecule has 1 aromatic heterocycles. The third-order valence-electron chi connectivity index (χ3n) is 2.87. The van der Waals surface area contributed by atoms with Gasteiger partial charge in [-0.25, -0.2) is 0 Å². The first-order valence-corrected chi connectivity index (χ1v) is 6.33. The van der Waals surface area contributed by atoms with Crippen molar-refractivity contribution < 1.29 is 14.3 Å². The Morgan fingerprint density at radius 1 is 1.30 bits per heavy atom. The van der Waals surface area contributed by atoms with Crippen LogP contribution in [0.2, 0.25) is 0 Å². The summed E-state index contributed by atoms with van der Waals surface area (Å²) in [4.78, 5) is 24.9. The molecule has 2 rings (SSSR count). The first-order valence-electron chi connectivity index (χ1n) is 6.33. The van der Waals surface area contributed by atoms with Crippen molar-refractivity contribution in [3.63, 3.8) is 0 Å². The van der Waals surface area contributed by atoms with Gasteiger partial charge in [0.05, 0.1) is 13.0 Å². The molecule has 2 aromatic rings. The summed E-state index contributed by atoms with van der Waals surface area (Å²) >= 11 is 0. The van der Waals surface area contributed by atoms with E-state index >= 15 is 0 Å². The van der Waals surface area contributed by atoms with E-state index in [9.17, 15) is 9.59 Å². The largest absolute Gasteiger partial charge is 0.466 e. The molecule has 0 unspecified atom stereocenters. The summed E-state index contributed by atoms with van der Waals surface area (Å²) in [6.45, 7) is 2.41. The van der Waals surface area contributed by atoms with Crippen LogP contribution in [0.3, 0.4) is 0 Å². The van der Waals surface area contributed by atoms with Gasteiger partial charge in [-0.2, -0.15) is 15.4 Å². The van der Waals surface area contributed by atoms with Crippen LogP contribution >= 0.6 is 0 Å². The Hall–Kier alpha value is -2.44. The van der Waals surface area contributed by atoms with Crippen LogP contribution in [0.25, 0.3) is 11.0 Å². The van der Waals surface area contributed by atoms with Crippen LogP contribution in [-0.2, 0) is 9.53 Å². The van der Waals surface area contributed by atoms with E-state index in [1.54, 1.807) is 32.2 Å². The van der Waals surface area contributed by atoms with E-state index in [0.29, 0.717) is 29.7 Å². The number of amides is 1. The van der Waals surface area contributed by atoms with Gasteiger partial charge in [-0.1, -0.05) is 0 Å². The number of nitrogens with one attached hydrogen (secondary N) is 1. The fourth-order valence-electron chi connectivity index (χ4n) is 1.79. The molecule has 1 aromatic carbocycles. The standard InChI is InChI=1S/C13H16N4O3/c1-3-20-12(18)6-7-17(2)13(19)9-4-5-10-11(8-9)15-16-14-10/h4-5,8H,3,6-7H2,1-2H3,(H,14,15,16). The molecule has 106 valence electrons. The maximum Gasteiger partial charge on any atom is 0.307 e. The molecule has 0 saturated carbocycles. The number of aromatic amines is 1. The molecule has 0 spiro atoms. The third-order valence-corrected chi connectivity index (χ3v) is 2.87. The highest BCUT2D eigenvalue weighted by atomic mass is 16.5. The summed E-state index contributed by atoms with van der Waals surface area (Å²) in [6.07, 6.45) is 0.183. The van der Waals surface area contributed by atoms with E-state index in [1.165, 1.54) is 4.90 Å². The predicted octanol–water partition coefficient (Wildman–Crippen LogP) is 0.983. The van der Waals surface area contributed by atoms with Crippen LogP contribution in [0.15, 0.2) is 18.2 Å². The number of fused-ring (bicyclic) bond motifs is 1. The van der Waals surface area contributed by atoms with Crippen molar-refractivity contribution in [2.45, 2.75) is 13.3 Å². The summed E-state index contributed by atoms with van der Waals surface area (Å²) < 4.78 is 4.83. The highest BCUT2D eigenvalue weighted by Crippen LogP contribution is 2.12. The zero-order chi connectivity index (χ0) is 14.5. The summed E-state index contributed by atoms with van der Waals surface area (Å²) in [5, 5.41) is 10.4. The number of nitrogens with zero attached hydrogens (tertiary/aromatic N) is 3. The normalized spacial score (nSPS) is 10.5. The van der Waals surface area contributed by atoms with Gasteiger partial charge in [0.15, 0.2) is 0 Å². The number of aromatic nitrogens is 3. The van der Waals surface area contributed by atoms with Crippen LogP contribution in [0.5, 0.6) is 0 Å². The highest BCUT2D eigenvalue weighted by molar-refractivity contribution is 5.97. The molecule has 0 radical (unpaired) electrons. The maximum absolute atomic E-state index is 12.2. The quantitative estimate of drug-likeness (QED) is 0.822. The van der Waals surface area contributed by atoms with Crippen molar-refractivity contribution in [1.29, 1.82) is 0 Å². The third kappa shape index (κ3) is 3.11. The van der Waals surface area contributed by atoms with E-state index in [4.69, 9.17) is 4.74 Å². The summed E-state index contributed by atoms with van der Waals surface area (Å²) in [7, 11) is 1.65. The van der Waals surface area contributed by atoms with Crippen LogP contribution in [0.4, 0.5) is 0 Å². The average Bonchev–Trinajstić information content (AvgIpc) is 2.91. The van der Waals surface area contributed by atoms with Crippen LogP contribution in [0.1, 0.15) is 23.7 Å². The smallest absolute Gasteiger partial charge is 0.307 e. The first kappa shape index (κ1) is 14.0. The molecule has 1 heterocycles. The molecular weight excluding hydrogens is 260 g/mol. The van der Waals surface area contributed by atoms with Crippen molar-refractivity contribution in [3.8, 4) is 0 Å². The van der Waals surface area contributed by atoms with Gasteiger partial charge in [0, 0.05) is 19.2 Å². The minimum Gasteiger partial charge on any atom is -0.466 e. The van der Waals surface area contributed by atoms with Crippen molar-refractivity contribution in [2.24, 2.45) is 0 Å². The molecular formula is C13H16N4O3. The second kappa shape index (κ2) is 6.14. The van der Waals surface area contributed by atoms with E-state index in [0.717, 1.165) is 0 Å². The number of hydrogen-bond donors (Lipinski definition) is 1. The Labute approximate surface area is 115 Å². The van der Waals surface area contributed by atoms with E-state index < -0.39 is 0 Å². The van der Waals surface area contributed by atoms with Gasteiger partial charge in [-0.05, 0) is 25.1 Å². The maximum atomic E-state index is 12.2. The lowest BCUT2D eigenvalue weighted by Crippen LogP contribution is -2.29. The molecule has 0 aliphatic rings. The van der Waals surface area contributed by atoms with Gasteiger partial charge in [-0.15, -0.1) is 0 Å². The Balaban J connectivity index is 2.00. The monoisotopic (exact) mass is 276 g/mol. The van der Waals surface area contributed by atoms with Crippen LogP contribution < -0.4 is 0 Å². The summed E-state index contributed by atoms with van der Waals surface area (Å²) in [5.74, 6) is -0.474. The van der Waals surface area contributed by atoms with Crippen molar-refractivity contribution in [2.75, 3.05) is 20.2 Å². The van der Waals surface area contributed by atoms with Crippen molar-refractivity contribution >= 4 is 22.9 Å². The Morgan fingerprint density at radius 2 is 2.05 bits per heavy atom. The fraction of sp³-hybridized carbons (Fsp3) is 0.385. The zero-order valence-corrected chi connectivity index (χ0v) is 11.4. The second-order valence-electron chi connectivity index (χ2n) is 4.31. The number of H-pyrrole nitrogens is 1. The molecule has 0 atom stereocenters. The Kier molecular flexibility index (Phi) is 4.29. The summed E-state index contributed by atoms with van der Waals surface area (Å²) in [5.41, 5.74) is 1.85. The number of hydrogen-bond acceptors (Lipinski definition) is 5. The Morgan fingerprint density at radius 3 is 2.80 bits per heavy atom. The van der Waals surface area contributed by atoms with Crippen LogP contribution in [0, 0.1) is 0 Å². The van der Waals surface area contributed by atoms with E-state index in [1.807, 2.05) is 0 Å². The molecule has 1 N–H and O–H groups in total. The van der Waals surface area contributed by atoms with Gasteiger partial charge in [0.2, 0.25) is 0 Å². The SMILES string of the molecule is CCOC(=O)CCN(C)C(=O)c1ccc2n[nH]nc2c1. The van der Waals surface area contributed by atoms with Gasteiger partial charge in [-0.3, -0.25) is 9.59 Å². The number of ether oxygens (including phenoxy) is 1. The molecule has 20 heavy (non-hydrogen) atoms. The zero-order valence-electron chi connectivity index (χ0n) is 11.4. The predicted molar refractivity (Wildman–Crippen MR) is 72.1 cm³/mol. The van der Waals surface area contributed by atoms with Gasteiger partial charge < -0.3 is 9.64 Å². The molecule has 7 nitrogen and oxygen atoms in total. The molecule has 7 heteroatoms. The number of rotatable bonds is 5. The highest BCUT2D eigenvalue weighted by Gasteiger charge is 2.14. The van der Waals surface area contributed by atoms with Crippen molar-refractivity contribution in [1.82, 2.24) is 20.3 Å². The molecule has 0 bridgehead atoms. The minimum atomic E-state index is -0.306. The average molecular weight is 276 g/mol. The fourth-order valence-corrected chi connectivity index (χ4v) is 1.79. The molecule has 0 fully saturated rings. The van der Waals surface area contributed by atoms with Gasteiger partial charge in [0.25, 0.3) is 5.91 Å². The number of carbonyl (C=O) groups is 2. The minimum absolute atomic E-state index is 0.167. The van der Waals surface area contributed by atoms with Gasteiger partial charge in [0.1, 0.15) is 11.0 Å². The second-order valence-corrected chi connectivity index (χ2v) is 4.31. The Bertz CT molecular complexity index is 623. The topological polar surface area (TPSA) is 88.2 Å². The molecule has 1 amide bonds. The van der Waals surface area contributed by atoms with E-state index in [-0.39, 0.29) is 18.3 Å². The number of carbonyl (C=O) groups excluding carboxylic acids is 2. The van der Waals surface area contributed by atoms with E-state index in [2.05, 4.69) is 15.4 Å². The number of benzene rings is 1. The van der Waals surface area contributed by atoms with Crippen LogP contribution in [-0.4, -0.2) is 52.4 Å². The molecule has 0 aliphatic heterocycles. The van der Waals surface area contributed by atoms with Crippen molar-refractivity contribution in [3.05, 3.63) is 23.8 Å². The lowest BCUT2D eigenvalue weighted by Gasteiger charge is -2.16. The summed E-state index contributed by atoms with van der Waals surface area (Å²) in [6, 6.07) is 5.08. The lowest BCUT2D eigenvalue weighted by atomic mass is 10.1.